The second-order valence-electron chi connectivity index (χ2n) is 4.54. The number of nitriles is 1. The first kappa shape index (κ1) is 12.7. The Kier molecular flexibility index (Phi) is 3.61. The van der Waals surface area contributed by atoms with Crippen LogP contribution in [0.25, 0.3) is 0 Å². The van der Waals surface area contributed by atoms with Gasteiger partial charge in [0.2, 0.25) is 0 Å². The summed E-state index contributed by atoms with van der Waals surface area (Å²) in [5.41, 5.74) is 0.594. The van der Waals surface area contributed by atoms with Gasteiger partial charge in [-0.25, -0.2) is 0 Å². The molecule has 4 heteroatoms. The van der Waals surface area contributed by atoms with Gasteiger partial charge in [0.15, 0.2) is 0 Å². The van der Waals surface area contributed by atoms with E-state index in [9.17, 15) is 5.26 Å². The van der Waals surface area contributed by atoms with E-state index < -0.39 is 5.54 Å². The molecular formula is C15H14N2S2. The summed E-state index contributed by atoms with van der Waals surface area (Å²) in [6, 6.07) is 14.9. The van der Waals surface area contributed by atoms with Gasteiger partial charge in [-0.1, -0.05) is 24.3 Å². The number of thiophene rings is 1. The lowest BCUT2D eigenvalue weighted by Crippen LogP contribution is -2.43. The lowest BCUT2D eigenvalue weighted by Gasteiger charge is -2.33. The van der Waals surface area contributed by atoms with Crippen molar-refractivity contribution in [2.45, 2.75) is 23.4 Å². The third-order valence-corrected chi connectivity index (χ3v) is 5.37. The highest BCUT2D eigenvalue weighted by Crippen LogP contribution is 2.40. The van der Waals surface area contributed by atoms with Crippen molar-refractivity contribution in [3.63, 3.8) is 0 Å². The molecule has 1 aliphatic heterocycles. The highest BCUT2D eigenvalue weighted by atomic mass is 32.2. The largest absolute Gasteiger partial charge is 0.291 e. The molecule has 2 aromatic rings. The SMILES string of the molecule is N#CC1(NCc2cccs2)CCSc2ccccc21. The van der Waals surface area contributed by atoms with Gasteiger partial charge >= 0.3 is 0 Å². The highest BCUT2D eigenvalue weighted by molar-refractivity contribution is 7.99. The van der Waals surface area contributed by atoms with Crippen LogP contribution in [-0.2, 0) is 12.1 Å². The molecule has 1 N–H and O–H groups in total. The first-order valence-corrected chi connectivity index (χ1v) is 8.11. The van der Waals surface area contributed by atoms with E-state index in [0.29, 0.717) is 0 Å². The van der Waals surface area contributed by atoms with Crippen molar-refractivity contribution in [1.29, 1.82) is 5.26 Å². The zero-order valence-electron chi connectivity index (χ0n) is 10.4. The minimum Gasteiger partial charge on any atom is -0.291 e. The lowest BCUT2D eigenvalue weighted by atomic mass is 9.88. The normalized spacial score (nSPS) is 21.6. The maximum Gasteiger partial charge on any atom is 0.134 e. The van der Waals surface area contributed by atoms with E-state index in [0.717, 1.165) is 24.3 Å². The van der Waals surface area contributed by atoms with Gasteiger partial charge in [0.05, 0.1) is 6.07 Å². The molecule has 2 nitrogen and oxygen atoms in total. The molecule has 2 heterocycles. The quantitative estimate of drug-likeness (QED) is 0.933. The van der Waals surface area contributed by atoms with Gasteiger partial charge < -0.3 is 0 Å². The number of nitrogens with one attached hydrogen (secondary N) is 1. The first-order chi connectivity index (χ1) is 9.34. The van der Waals surface area contributed by atoms with Crippen LogP contribution in [0.2, 0.25) is 0 Å². The molecule has 96 valence electrons. The minimum atomic E-state index is -0.536. The van der Waals surface area contributed by atoms with Gasteiger partial charge in [-0.05, 0) is 23.9 Å². The van der Waals surface area contributed by atoms with E-state index in [1.54, 1.807) is 11.3 Å². The Bertz CT molecular complexity index is 601. The fourth-order valence-corrected chi connectivity index (χ4v) is 4.23. The van der Waals surface area contributed by atoms with E-state index in [4.69, 9.17) is 0 Å². The third-order valence-electron chi connectivity index (χ3n) is 3.42. The van der Waals surface area contributed by atoms with Gasteiger partial charge in [-0.2, -0.15) is 5.26 Å². The summed E-state index contributed by atoms with van der Waals surface area (Å²) in [6.45, 7) is 0.754. The van der Waals surface area contributed by atoms with E-state index >= 15 is 0 Å². The Balaban J connectivity index is 1.90. The Labute approximate surface area is 121 Å². The Morgan fingerprint density at radius 2 is 2.16 bits per heavy atom. The summed E-state index contributed by atoms with van der Waals surface area (Å²) in [5.74, 6) is 0.988. The molecule has 0 aliphatic carbocycles. The second-order valence-corrected chi connectivity index (χ2v) is 6.71. The molecule has 0 spiro atoms. The maximum atomic E-state index is 9.70. The second kappa shape index (κ2) is 5.38. The van der Waals surface area contributed by atoms with E-state index in [1.165, 1.54) is 9.77 Å². The van der Waals surface area contributed by atoms with Crippen LogP contribution < -0.4 is 5.32 Å². The standard InChI is InChI=1S/C15H14N2S2/c16-11-15(17-10-12-4-3-8-18-12)7-9-19-14-6-2-1-5-13(14)15/h1-6,8,17H,7,9-10H2. The summed E-state index contributed by atoms with van der Waals surface area (Å²) < 4.78 is 0. The first-order valence-electron chi connectivity index (χ1n) is 6.25. The fraction of sp³-hybridized carbons (Fsp3) is 0.267. The monoisotopic (exact) mass is 286 g/mol. The average molecular weight is 286 g/mol. The Hall–Kier alpha value is -1.28. The van der Waals surface area contributed by atoms with Crippen molar-refractivity contribution in [3.8, 4) is 6.07 Å². The van der Waals surface area contributed by atoms with E-state index in [2.05, 4.69) is 35.0 Å². The van der Waals surface area contributed by atoms with Crippen molar-refractivity contribution in [1.82, 2.24) is 5.32 Å². The van der Waals surface area contributed by atoms with Crippen LogP contribution in [0.3, 0.4) is 0 Å². The molecular weight excluding hydrogens is 272 g/mol. The molecule has 0 fully saturated rings. The van der Waals surface area contributed by atoms with Crippen LogP contribution in [0.5, 0.6) is 0 Å². The van der Waals surface area contributed by atoms with Crippen LogP contribution >= 0.6 is 23.1 Å². The smallest absolute Gasteiger partial charge is 0.134 e. The molecule has 1 aromatic carbocycles. The molecule has 1 atom stereocenters. The predicted molar refractivity (Wildman–Crippen MR) is 80.2 cm³/mol. The number of nitrogens with zero attached hydrogens (tertiary/aromatic N) is 1. The van der Waals surface area contributed by atoms with Crippen LogP contribution in [0.15, 0.2) is 46.7 Å². The molecule has 0 amide bonds. The number of hydrogen-bond donors (Lipinski definition) is 1. The number of benzene rings is 1. The Morgan fingerprint density at radius 1 is 1.26 bits per heavy atom. The molecule has 19 heavy (non-hydrogen) atoms. The molecule has 0 bridgehead atoms. The highest BCUT2D eigenvalue weighted by Gasteiger charge is 2.36. The molecule has 3 rings (SSSR count). The van der Waals surface area contributed by atoms with Crippen LogP contribution in [0.1, 0.15) is 16.9 Å². The average Bonchev–Trinajstić information content (AvgIpc) is 2.98. The van der Waals surface area contributed by atoms with Gasteiger partial charge in [0.1, 0.15) is 5.54 Å². The number of hydrogen-bond acceptors (Lipinski definition) is 4. The van der Waals surface area contributed by atoms with Crippen LogP contribution in [-0.4, -0.2) is 5.75 Å². The third kappa shape index (κ3) is 2.42. The molecule has 0 saturated carbocycles. The molecule has 1 aromatic heterocycles. The zero-order chi connectivity index (χ0) is 13.1. The predicted octanol–water partition coefficient (Wildman–Crippen LogP) is 3.75. The fourth-order valence-electron chi connectivity index (χ4n) is 2.38. The summed E-state index contributed by atoms with van der Waals surface area (Å²) >= 11 is 3.57. The van der Waals surface area contributed by atoms with Crippen molar-refractivity contribution >= 4 is 23.1 Å². The van der Waals surface area contributed by atoms with Crippen molar-refractivity contribution in [3.05, 3.63) is 52.2 Å². The summed E-state index contributed by atoms with van der Waals surface area (Å²) in [5, 5.41) is 15.2. The van der Waals surface area contributed by atoms with Gasteiger partial charge in [-0.3, -0.25) is 5.32 Å². The number of fused-ring (bicyclic) bond motifs is 1. The summed E-state index contributed by atoms with van der Waals surface area (Å²) in [6.07, 6.45) is 0.858. The molecule has 0 saturated heterocycles. The Morgan fingerprint density at radius 3 is 2.95 bits per heavy atom. The van der Waals surface area contributed by atoms with E-state index in [1.807, 2.05) is 30.0 Å². The van der Waals surface area contributed by atoms with Gasteiger partial charge in [-0.15, -0.1) is 23.1 Å². The topological polar surface area (TPSA) is 35.8 Å². The van der Waals surface area contributed by atoms with Crippen molar-refractivity contribution in [2.75, 3.05) is 5.75 Å². The van der Waals surface area contributed by atoms with Gasteiger partial charge in [0.25, 0.3) is 0 Å². The van der Waals surface area contributed by atoms with E-state index in [-0.39, 0.29) is 0 Å². The van der Waals surface area contributed by atoms with Crippen molar-refractivity contribution in [2.24, 2.45) is 0 Å². The number of rotatable bonds is 3. The summed E-state index contributed by atoms with van der Waals surface area (Å²) in [4.78, 5) is 2.50. The van der Waals surface area contributed by atoms with Crippen LogP contribution in [0, 0.1) is 11.3 Å². The molecule has 1 unspecified atom stereocenters. The van der Waals surface area contributed by atoms with Crippen molar-refractivity contribution < 1.29 is 0 Å². The lowest BCUT2D eigenvalue weighted by molar-refractivity contribution is 0.405. The summed E-state index contributed by atoms with van der Waals surface area (Å²) in [7, 11) is 0. The molecule has 1 aliphatic rings. The number of thioether (sulfide) groups is 1. The molecule has 0 radical (unpaired) electrons. The maximum absolute atomic E-state index is 9.70. The van der Waals surface area contributed by atoms with Crippen LogP contribution in [0.4, 0.5) is 0 Å². The minimum absolute atomic E-state index is 0.536. The van der Waals surface area contributed by atoms with Gasteiger partial charge in [0, 0.05) is 27.6 Å². The zero-order valence-corrected chi connectivity index (χ0v) is 12.1.